The van der Waals surface area contributed by atoms with Crippen LogP contribution in [0.5, 0.6) is 5.75 Å². The van der Waals surface area contributed by atoms with Gasteiger partial charge in [-0.05, 0) is 36.2 Å². The van der Waals surface area contributed by atoms with Gasteiger partial charge in [0, 0.05) is 25.8 Å². The molecule has 3 aromatic rings. The van der Waals surface area contributed by atoms with Gasteiger partial charge in [0.1, 0.15) is 18.4 Å². The highest BCUT2D eigenvalue weighted by Crippen LogP contribution is 2.27. The van der Waals surface area contributed by atoms with E-state index in [1.54, 1.807) is 7.11 Å². The van der Waals surface area contributed by atoms with Crippen molar-refractivity contribution in [1.29, 1.82) is 5.26 Å². The first kappa shape index (κ1) is 18.5. The zero-order valence-corrected chi connectivity index (χ0v) is 15.1. The number of anilines is 1. The fourth-order valence-corrected chi connectivity index (χ4v) is 2.49. The standard InChI is InChI=1S/C21H21N3O3/c1-25-13-5-12-23-21-19(14-22)24-20(27-21)17-8-10-18(11-9-17)26-15-16-6-3-2-4-7-16/h2-4,6-11,23H,5,12-13,15H2,1H3. The molecule has 0 saturated carbocycles. The molecule has 3 rings (SSSR count). The summed E-state index contributed by atoms with van der Waals surface area (Å²) in [7, 11) is 1.65. The Hall–Kier alpha value is -3.30. The zero-order valence-electron chi connectivity index (χ0n) is 15.1. The van der Waals surface area contributed by atoms with E-state index in [9.17, 15) is 5.26 Å². The van der Waals surface area contributed by atoms with Crippen LogP contribution in [0.2, 0.25) is 0 Å². The summed E-state index contributed by atoms with van der Waals surface area (Å²) in [4.78, 5) is 4.26. The van der Waals surface area contributed by atoms with Crippen molar-refractivity contribution in [2.45, 2.75) is 13.0 Å². The predicted molar refractivity (Wildman–Crippen MR) is 102 cm³/mol. The molecule has 6 heteroatoms. The van der Waals surface area contributed by atoms with Crippen LogP contribution in [0, 0.1) is 11.3 Å². The molecule has 1 N–H and O–H groups in total. The molecule has 138 valence electrons. The lowest BCUT2D eigenvalue weighted by Gasteiger charge is -2.06. The molecule has 0 aliphatic carbocycles. The average Bonchev–Trinajstić information content (AvgIpc) is 3.14. The number of methoxy groups -OCH3 is 1. The second kappa shape index (κ2) is 9.41. The van der Waals surface area contributed by atoms with Crippen LogP contribution in [0.25, 0.3) is 11.5 Å². The minimum absolute atomic E-state index is 0.242. The first-order chi connectivity index (χ1) is 13.3. The number of benzene rings is 2. The number of oxazole rings is 1. The third-order valence-electron chi connectivity index (χ3n) is 3.89. The molecular formula is C21H21N3O3. The van der Waals surface area contributed by atoms with Gasteiger partial charge in [-0.3, -0.25) is 0 Å². The zero-order chi connectivity index (χ0) is 18.9. The highest BCUT2D eigenvalue weighted by atomic mass is 16.5. The van der Waals surface area contributed by atoms with Crippen LogP contribution in [0.4, 0.5) is 5.88 Å². The lowest BCUT2D eigenvalue weighted by Crippen LogP contribution is -2.04. The van der Waals surface area contributed by atoms with Gasteiger partial charge in [0.05, 0.1) is 0 Å². The molecule has 27 heavy (non-hydrogen) atoms. The molecule has 0 radical (unpaired) electrons. The third-order valence-corrected chi connectivity index (χ3v) is 3.89. The minimum Gasteiger partial charge on any atom is -0.489 e. The van der Waals surface area contributed by atoms with Crippen molar-refractivity contribution >= 4 is 5.88 Å². The summed E-state index contributed by atoms with van der Waals surface area (Å²) in [6.07, 6.45) is 0.810. The van der Waals surface area contributed by atoms with Crippen molar-refractivity contribution < 1.29 is 13.9 Å². The van der Waals surface area contributed by atoms with Gasteiger partial charge in [-0.2, -0.15) is 10.2 Å². The topological polar surface area (TPSA) is 80.3 Å². The number of hydrogen-bond donors (Lipinski definition) is 1. The number of nitrogens with zero attached hydrogens (tertiary/aromatic N) is 2. The van der Waals surface area contributed by atoms with E-state index in [2.05, 4.69) is 16.4 Å². The number of nitriles is 1. The van der Waals surface area contributed by atoms with E-state index in [0.717, 1.165) is 23.3 Å². The Labute approximate surface area is 158 Å². The summed E-state index contributed by atoms with van der Waals surface area (Å²) in [5.74, 6) is 1.54. The molecule has 0 amide bonds. The Morgan fingerprint density at radius 1 is 1.11 bits per heavy atom. The second-order valence-electron chi connectivity index (χ2n) is 5.88. The second-order valence-corrected chi connectivity index (χ2v) is 5.88. The maximum Gasteiger partial charge on any atom is 0.232 e. The van der Waals surface area contributed by atoms with Crippen molar-refractivity contribution in [2.24, 2.45) is 0 Å². The number of rotatable bonds is 9. The largest absolute Gasteiger partial charge is 0.489 e. The van der Waals surface area contributed by atoms with Crippen LogP contribution >= 0.6 is 0 Å². The Morgan fingerprint density at radius 2 is 1.89 bits per heavy atom. The molecule has 1 heterocycles. The Bertz CT molecular complexity index is 883. The first-order valence-corrected chi connectivity index (χ1v) is 8.71. The maximum absolute atomic E-state index is 9.25. The van der Waals surface area contributed by atoms with E-state index in [1.165, 1.54) is 0 Å². The lowest BCUT2D eigenvalue weighted by atomic mass is 10.2. The molecule has 2 aromatic carbocycles. The predicted octanol–water partition coefficient (Wildman–Crippen LogP) is 4.24. The third kappa shape index (κ3) is 5.09. The van der Waals surface area contributed by atoms with Crippen molar-refractivity contribution in [3.8, 4) is 23.3 Å². The van der Waals surface area contributed by atoms with E-state index < -0.39 is 0 Å². The van der Waals surface area contributed by atoms with E-state index in [1.807, 2.05) is 54.6 Å². The normalized spacial score (nSPS) is 10.4. The number of hydrogen-bond acceptors (Lipinski definition) is 6. The molecule has 0 spiro atoms. The maximum atomic E-state index is 9.25. The summed E-state index contributed by atoms with van der Waals surface area (Å²) in [5, 5.41) is 12.3. The van der Waals surface area contributed by atoms with E-state index in [-0.39, 0.29) is 5.69 Å². The summed E-state index contributed by atoms with van der Waals surface area (Å²) in [6, 6.07) is 19.5. The monoisotopic (exact) mass is 363 g/mol. The van der Waals surface area contributed by atoms with E-state index in [4.69, 9.17) is 13.9 Å². The van der Waals surface area contributed by atoms with Crippen LogP contribution < -0.4 is 10.1 Å². The molecule has 0 aliphatic heterocycles. The minimum atomic E-state index is 0.242. The van der Waals surface area contributed by atoms with Crippen molar-refractivity contribution in [3.05, 3.63) is 65.9 Å². The van der Waals surface area contributed by atoms with Gasteiger partial charge in [0.15, 0.2) is 0 Å². The van der Waals surface area contributed by atoms with Crippen LogP contribution in [-0.2, 0) is 11.3 Å². The van der Waals surface area contributed by atoms with Gasteiger partial charge in [-0.1, -0.05) is 30.3 Å². The Morgan fingerprint density at radius 3 is 2.59 bits per heavy atom. The van der Waals surface area contributed by atoms with E-state index in [0.29, 0.717) is 31.5 Å². The molecule has 0 bridgehead atoms. The van der Waals surface area contributed by atoms with Crippen molar-refractivity contribution in [1.82, 2.24) is 4.98 Å². The van der Waals surface area contributed by atoms with Gasteiger partial charge < -0.3 is 19.2 Å². The van der Waals surface area contributed by atoms with Gasteiger partial charge >= 0.3 is 0 Å². The molecule has 0 unspecified atom stereocenters. The SMILES string of the molecule is COCCCNc1oc(-c2ccc(OCc3ccccc3)cc2)nc1C#N. The fourth-order valence-electron chi connectivity index (χ4n) is 2.49. The number of nitrogens with one attached hydrogen (secondary N) is 1. The van der Waals surface area contributed by atoms with Gasteiger partial charge in [0.25, 0.3) is 0 Å². The Kier molecular flexibility index (Phi) is 6.45. The van der Waals surface area contributed by atoms with Crippen LogP contribution in [-0.4, -0.2) is 25.2 Å². The quantitative estimate of drug-likeness (QED) is 0.573. The molecule has 0 atom stereocenters. The summed E-state index contributed by atoms with van der Waals surface area (Å²) >= 11 is 0. The lowest BCUT2D eigenvalue weighted by molar-refractivity contribution is 0.197. The van der Waals surface area contributed by atoms with E-state index >= 15 is 0 Å². The van der Waals surface area contributed by atoms with Crippen molar-refractivity contribution in [3.63, 3.8) is 0 Å². The van der Waals surface area contributed by atoms with Crippen LogP contribution in [0.1, 0.15) is 17.7 Å². The van der Waals surface area contributed by atoms with Gasteiger partial charge in [0.2, 0.25) is 17.5 Å². The van der Waals surface area contributed by atoms with Gasteiger partial charge in [-0.15, -0.1) is 0 Å². The van der Waals surface area contributed by atoms with Crippen molar-refractivity contribution in [2.75, 3.05) is 25.6 Å². The smallest absolute Gasteiger partial charge is 0.232 e. The highest BCUT2D eigenvalue weighted by Gasteiger charge is 2.14. The summed E-state index contributed by atoms with van der Waals surface area (Å²) in [5.41, 5.74) is 2.13. The number of ether oxygens (including phenoxy) is 2. The molecule has 0 saturated heterocycles. The van der Waals surface area contributed by atoms with Crippen LogP contribution in [0.3, 0.4) is 0 Å². The Balaban J connectivity index is 1.64. The first-order valence-electron chi connectivity index (χ1n) is 8.71. The fraction of sp³-hybridized carbons (Fsp3) is 0.238. The molecular weight excluding hydrogens is 342 g/mol. The molecule has 6 nitrogen and oxygen atoms in total. The van der Waals surface area contributed by atoms with Crippen LogP contribution in [0.15, 0.2) is 59.0 Å². The average molecular weight is 363 g/mol. The highest BCUT2D eigenvalue weighted by molar-refractivity contribution is 5.59. The molecule has 0 fully saturated rings. The summed E-state index contributed by atoms with van der Waals surface area (Å²) < 4.78 is 16.5. The number of aromatic nitrogens is 1. The molecule has 0 aliphatic rings. The van der Waals surface area contributed by atoms with Gasteiger partial charge in [-0.25, -0.2) is 0 Å². The molecule has 1 aromatic heterocycles. The summed E-state index contributed by atoms with van der Waals surface area (Å²) in [6.45, 7) is 1.79.